The highest BCUT2D eigenvalue weighted by Gasteiger charge is 2.08. The molecule has 0 aliphatic heterocycles. The van der Waals surface area contributed by atoms with Crippen molar-refractivity contribution in [2.45, 2.75) is 13.8 Å². The normalized spacial score (nSPS) is 9.57. The molecule has 0 aliphatic carbocycles. The minimum Gasteiger partial charge on any atom is -0.462 e. The molecule has 0 spiro atoms. The monoisotopic (exact) mass is 196 g/mol. The van der Waals surface area contributed by atoms with Crippen LogP contribution in [-0.2, 0) is 4.74 Å². The van der Waals surface area contributed by atoms with Gasteiger partial charge in [0.05, 0.1) is 12.2 Å². The summed E-state index contributed by atoms with van der Waals surface area (Å²) in [5.74, 6) is -0.309. The number of hydrogen-bond donors (Lipinski definition) is 0. The Morgan fingerprint density at radius 2 is 1.93 bits per heavy atom. The van der Waals surface area contributed by atoms with Gasteiger partial charge in [-0.3, -0.25) is 4.84 Å². The lowest BCUT2D eigenvalue weighted by atomic mass is 10.3. The highest BCUT2D eigenvalue weighted by Crippen LogP contribution is 1.97. The van der Waals surface area contributed by atoms with Gasteiger partial charge in [-0.15, -0.1) is 0 Å². The number of aromatic nitrogens is 1. The fourth-order valence-electron chi connectivity index (χ4n) is 0.998. The van der Waals surface area contributed by atoms with Crippen LogP contribution in [0, 0.1) is 0 Å². The van der Waals surface area contributed by atoms with E-state index >= 15 is 0 Å². The third-order valence-electron chi connectivity index (χ3n) is 1.59. The predicted molar refractivity (Wildman–Crippen MR) is 49.7 cm³/mol. The molecule has 0 saturated heterocycles. The number of ether oxygens (including phenoxy) is 1. The third-order valence-corrected chi connectivity index (χ3v) is 1.59. The Kier molecular flexibility index (Phi) is 3.91. The molecule has 0 bridgehead atoms. The van der Waals surface area contributed by atoms with Gasteiger partial charge in [0.2, 0.25) is 12.4 Å². The molecule has 1 aromatic rings. The topological polar surface area (TPSA) is 39.4 Å². The van der Waals surface area contributed by atoms with E-state index in [0.717, 1.165) is 0 Å². The molecule has 0 unspecified atom stereocenters. The molecule has 1 heterocycles. The molecule has 4 nitrogen and oxygen atoms in total. The fourth-order valence-corrected chi connectivity index (χ4v) is 0.998. The molecule has 0 fully saturated rings. The lowest BCUT2D eigenvalue weighted by molar-refractivity contribution is -0.891. The van der Waals surface area contributed by atoms with E-state index in [9.17, 15) is 4.79 Å². The van der Waals surface area contributed by atoms with Crippen molar-refractivity contribution in [1.82, 2.24) is 0 Å². The molecule has 1 aromatic heterocycles. The third kappa shape index (κ3) is 2.73. The van der Waals surface area contributed by atoms with Crippen LogP contribution in [0.2, 0.25) is 0 Å². The first kappa shape index (κ1) is 10.5. The van der Waals surface area contributed by atoms with Crippen LogP contribution in [0.3, 0.4) is 0 Å². The van der Waals surface area contributed by atoms with Gasteiger partial charge in [-0.05, 0) is 13.8 Å². The van der Waals surface area contributed by atoms with Crippen molar-refractivity contribution in [2.24, 2.45) is 0 Å². The summed E-state index contributed by atoms with van der Waals surface area (Å²) >= 11 is 0. The van der Waals surface area contributed by atoms with Crippen LogP contribution < -0.4 is 9.57 Å². The van der Waals surface area contributed by atoms with Crippen molar-refractivity contribution < 1.29 is 19.1 Å². The summed E-state index contributed by atoms with van der Waals surface area (Å²) in [7, 11) is 0. The molecule has 0 amide bonds. The van der Waals surface area contributed by atoms with Crippen LogP contribution >= 0.6 is 0 Å². The molecular formula is C10H14NO3+. The molecule has 0 aliphatic rings. The average Bonchev–Trinajstić information content (AvgIpc) is 2.20. The number of pyridine rings is 1. The van der Waals surface area contributed by atoms with Gasteiger partial charge in [0.1, 0.15) is 0 Å². The molecule has 0 N–H and O–H groups in total. The minimum atomic E-state index is -0.309. The van der Waals surface area contributed by atoms with Crippen molar-refractivity contribution in [3.05, 3.63) is 30.1 Å². The number of nitrogens with zero attached hydrogens (tertiary/aromatic N) is 1. The lowest BCUT2D eigenvalue weighted by Gasteiger charge is -1.99. The average molecular weight is 196 g/mol. The molecule has 1 rings (SSSR count). The molecule has 76 valence electrons. The summed E-state index contributed by atoms with van der Waals surface area (Å²) in [5.41, 5.74) is 0.530. The SMILES string of the molecule is CCOC(=O)c1cc[n+](OCC)cc1. The first-order valence-corrected chi connectivity index (χ1v) is 4.59. The maximum Gasteiger partial charge on any atom is 0.338 e. The molecular weight excluding hydrogens is 182 g/mol. The number of carbonyl (C=O) groups is 1. The minimum absolute atomic E-state index is 0.309. The Balaban J connectivity index is 2.67. The zero-order valence-electron chi connectivity index (χ0n) is 8.40. The fraction of sp³-hybridized carbons (Fsp3) is 0.400. The maximum absolute atomic E-state index is 11.2. The van der Waals surface area contributed by atoms with Gasteiger partial charge in [0, 0.05) is 16.9 Å². The van der Waals surface area contributed by atoms with Crippen molar-refractivity contribution in [1.29, 1.82) is 0 Å². The largest absolute Gasteiger partial charge is 0.462 e. The molecule has 14 heavy (non-hydrogen) atoms. The summed E-state index contributed by atoms with van der Waals surface area (Å²) in [6, 6.07) is 3.32. The van der Waals surface area contributed by atoms with E-state index in [1.807, 2.05) is 6.92 Å². The summed E-state index contributed by atoms with van der Waals surface area (Å²) in [6.45, 7) is 4.65. The molecule has 0 atom stereocenters. The zero-order valence-corrected chi connectivity index (χ0v) is 8.40. The van der Waals surface area contributed by atoms with Crippen molar-refractivity contribution in [3.63, 3.8) is 0 Å². The second-order valence-electron chi connectivity index (χ2n) is 2.58. The van der Waals surface area contributed by atoms with Gasteiger partial charge >= 0.3 is 5.97 Å². The van der Waals surface area contributed by atoms with E-state index < -0.39 is 0 Å². The smallest absolute Gasteiger partial charge is 0.338 e. The van der Waals surface area contributed by atoms with Gasteiger partial charge in [0.25, 0.3) is 0 Å². The second kappa shape index (κ2) is 5.21. The molecule has 0 radical (unpaired) electrons. The lowest BCUT2D eigenvalue weighted by Crippen LogP contribution is -2.41. The second-order valence-corrected chi connectivity index (χ2v) is 2.58. The van der Waals surface area contributed by atoms with Crippen LogP contribution in [0.4, 0.5) is 0 Å². The standard InChI is InChI=1S/C10H14NO3/c1-3-13-10(12)9-5-7-11(8-6-9)14-4-2/h5-8H,3-4H2,1-2H3/q+1. The Bertz CT molecular complexity index is 295. The van der Waals surface area contributed by atoms with Gasteiger partial charge in [-0.1, -0.05) is 0 Å². The summed E-state index contributed by atoms with van der Waals surface area (Å²) in [5, 5.41) is 0. The Morgan fingerprint density at radius 3 is 2.43 bits per heavy atom. The first-order valence-electron chi connectivity index (χ1n) is 4.59. The van der Waals surface area contributed by atoms with Crippen LogP contribution in [0.25, 0.3) is 0 Å². The Labute approximate surface area is 83.0 Å². The first-order chi connectivity index (χ1) is 6.77. The zero-order chi connectivity index (χ0) is 10.4. The van der Waals surface area contributed by atoms with E-state index in [1.165, 1.54) is 0 Å². The number of hydrogen-bond acceptors (Lipinski definition) is 3. The number of esters is 1. The van der Waals surface area contributed by atoms with Crippen molar-refractivity contribution in [2.75, 3.05) is 13.2 Å². The highest BCUT2D eigenvalue weighted by molar-refractivity contribution is 5.88. The van der Waals surface area contributed by atoms with Gasteiger partial charge in [-0.25, -0.2) is 4.79 Å². The Morgan fingerprint density at radius 1 is 1.29 bits per heavy atom. The van der Waals surface area contributed by atoms with E-state index in [4.69, 9.17) is 9.57 Å². The summed E-state index contributed by atoms with van der Waals surface area (Å²) < 4.78 is 6.38. The molecule has 4 heteroatoms. The Hall–Kier alpha value is -1.58. The maximum atomic E-state index is 11.2. The molecule has 0 aromatic carbocycles. The predicted octanol–water partition coefficient (Wildman–Crippen LogP) is 0.599. The van der Waals surface area contributed by atoms with Crippen LogP contribution in [0.15, 0.2) is 24.5 Å². The van der Waals surface area contributed by atoms with Crippen molar-refractivity contribution in [3.8, 4) is 0 Å². The van der Waals surface area contributed by atoms with Crippen LogP contribution in [-0.4, -0.2) is 19.2 Å². The van der Waals surface area contributed by atoms with Gasteiger partial charge in [0.15, 0.2) is 6.61 Å². The van der Waals surface area contributed by atoms with Crippen LogP contribution in [0.1, 0.15) is 24.2 Å². The van der Waals surface area contributed by atoms with E-state index in [1.54, 1.807) is 36.2 Å². The van der Waals surface area contributed by atoms with Crippen molar-refractivity contribution >= 4 is 5.97 Å². The van der Waals surface area contributed by atoms with E-state index in [-0.39, 0.29) is 5.97 Å². The number of carbonyl (C=O) groups excluding carboxylic acids is 1. The quantitative estimate of drug-likeness (QED) is 0.523. The number of rotatable bonds is 4. The molecule has 0 saturated carbocycles. The van der Waals surface area contributed by atoms with E-state index in [2.05, 4.69) is 0 Å². The van der Waals surface area contributed by atoms with Gasteiger partial charge < -0.3 is 4.74 Å². The summed E-state index contributed by atoms with van der Waals surface area (Å²) in [4.78, 5) is 16.4. The van der Waals surface area contributed by atoms with Gasteiger partial charge in [-0.2, -0.15) is 0 Å². The summed E-state index contributed by atoms with van der Waals surface area (Å²) in [6.07, 6.45) is 3.35. The highest BCUT2D eigenvalue weighted by atomic mass is 16.7. The van der Waals surface area contributed by atoms with E-state index in [0.29, 0.717) is 18.8 Å². The van der Waals surface area contributed by atoms with Crippen LogP contribution in [0.5, 0.6) is 0 Å².